The van der Waals surface area contributed by atoms with Crippen molar-refractivity contribution in [2.45, 2.75) is 37.1 Å². The summed E-state index contributed by atoms with van der Waals surface area (Å²) in [5, 5.41) is 4.20. The standard InChI is InChI=1S/C15H19N5S2/c1-10-17-11(9-22-10)6-20-12-5-13(20)8-19(7-12)14-3-4-16-15(18-14)21-2/h3-4,9,12-13H,5-8H2,1-2H3. The molecule has 3 saturated heterocycles. The van der Waals surface area contributed by atoms with Crippen LogP contribution in [0.2, 0.25) is 0 Å². The molecule has 3 fully saturated rings. The maximum Gasteiger partial charge on any atom is 0.189 e. The molecule has 2 aromatic heterocycles. The first-order chi connectivity index (χ1) is 10.7. The molecule has 7 heteroatoms. The molecule has 116 valence electrons. The molecule has 0 N–H and O–H groups in total. The van der Waals surface area contributed by atoms with E-state index in [1.165, 1.54) is 12.1 Å². The average Bonchev–Trinajstić information content (AvgIpc) is 2.98. The zero-order valence-electron chi connectivity index (χ0n) is 12.8. The minimum Gasteiger partial charge on any atom is -0.353 e. The second-order valence-electron chi connectivity index (χ2n) is 5.88. The zero-order valence-corrected chi connectivity index (χ0v) is 14.4. The fourth-order valence-electron chi connectivity index (χ4n) is 3.41. The Bertz CT molecular complexity index is 661. The maximum absolute atomic E-state index is 4.63. The predicted molar refractivity (Wildman–Crippen MR) is 90.6 cm³/mol. The molecule has 0 amide bonds. The van der Waals surface area contributed by atoms with Gasteiger partial charge in [0, 0.05) is 43.3 Å². The third-order valence-electron chi connectivity index (χ3n) is 4.48. The number of thiazole rings is 1. The van der Waals surface area contributed by atoms with Gasteiger partial charge in [0.05, 0.1) is 10.7 Å². The van der Waals surface area contributed by atoms with Crippen LogP contribution < -0.4 is 4.90 Å². The summed E-state index contributed by atoms with van der Waals surface area (Å²) in [7, 11) is 0. The molecule has 3 aliphatic heterocycles. The molecule has 5 rings (SSSR count). The molecule has 0 radical (unpaired) electrons. The van der Waals surface area contributed by atoms with E-state index in [0.717, 1.165) is 35.6 Å². The van der Waals surface area contributed by atoms with Crippen LogP contribution in [0, 0.1) is 6.92 Å². The Kier molecular flexibility index (Phi) is 3.79. The topological polar surface area (TPSA) is 45.2 Å². The van der Waals surface area contributed by atoms with Gasteiger partial charge < -0.3 is 4.90 Å². The highest BCUT2D eigenvalue weighted by Gasteiger charge is 2.44. The minimum atomic E-state index is 0.633. The van der Waals surface area contributed by atoms with Crippen LogP contribution in [0.4, 0.5) is 5.82 Å². The Morgan fingerprint density at radius 2 is 2.14 bits per heavy atom. The number of hydrogen-bond acceptors (Lipinski definition) is 7. The lowest BCUT2D eigenvalue weighted by molar-refractivity contribution is -0.00960. The first-order valence-corrected chi connectivity index (χ1v) is 9.62. The summed E-state index contributed by atoms with van der Waals surface area (Å²) < 4.78 is 0. The van der Waals surface area contributed by atoms with E-state index in [9.17, 15) is 0 Å². The molecule has 5 nitrogen and oxygen atoms in total. The van der Waals surface area contributed by atoms with Crippen molar-refractivity contribution in [3.8, 4) is 0 Å². The number of rotatable bonds is 4. The Balaban J connectivity index is 1.43. The van der Waals surface area contributed by atoms with E-state index < -0.39 is 0 Å². The summed E-state index contributed by atoms with van der Waals surface area (Å²) >= 11 is 3.34. The number of aryl methyl sites for hydroxylation is 1. The molecule has 0 saturated carbocycles. The number of nitrogens with zero attached hydrogens (tertiary/aromatic N) is 5. The number of piperazine rings is 1. The van der Waals surface area contributed by atoms with Gasteiger partial charge in [-0.3, -0.25) is 4.90 Å². The molecule has 22 heavy (non-hydrogen) atoms. The molecular weight excluding hydrogens is 314 g/mol. The van der Waals surface area contributed by atoms with Gasteiger partial charge in [-0.05, 0) is 25.7 Å². The van der Waals surface area contributed by atoms with Gasteiger partial charge in [0.25, 0.3) is 0 Å². The number of thioether (sulfide) groups is 1. The van der Waals surface area contributed by atoms with Gasteiger partial charge >= 0.3 is 0 Å². The van der Waals surface area contributed by atoms with Crippen molar-refractivity contribution in [3.63, 3.8) is 0 Å². The van der Waals surface area contributed by atoms with E-state index in [0.29, 0.717) is 12.1 Å². The van der Waals surface area contributed by atoms with E-state index >= 15 is 0 Å². The van der Waals surface area contributed by atoms with Crippen LogP contribution in [-0.4, -0.2) is 51.3 Å². The van der Waals surface area contributed by atoms with E-state index in [4.69, 9.17) is 0 Å². The fraction of sp³-hybridized carbons (Fsp3) is 0.533. The number of anilines is 1. The van der Waals surface area contributed by atoms with Gasteiger partial charge in [0.1, 0.15) is 5.82 Å². The summed E-state index contributed by atoms with van der Waals surface area (Å²) in [5.74, 6) is 1.07. The van der Waals surface area contributed by atoms with Crippen LogP contribution in [0.25, 0.3) is 0 Å². The summed E-state index contributed by atoms with van der Waals surface area (Å²) in [6.07, 6.45) is 5.19. The molecule has 0 aromatic carbocycles. The smallest absolute Gasteiger partial charge is 0.189 e. The first-order valence-electron chi connectivity index (χ1n) is 7.51. The van der Waals surface area contributed by atoms with Crippen LogP contribution >= 0.6 is 23.1 Å². The summed E-state index contributed by atoms with van der Waals surface area (Å²) in [4.78, 5) is 18.5. The second-order valence-corrected chi connectivity index (χ2v) is 7.72. The third-order valence-corrected chi connectivity index (χ3v) is 5.87. The SMILES string of the molecule is CSc1nccc(N2CC3CC(C2)N3Cc2csc(C)n2)n1. The van der Waals surface area contributed by atoms with Crippen molar-refractivity contribution < 1.29 is 0 Å². The first kappa shape index (κ1) is 14.4. The Morgan fingerprint density at radius 3 is 2.82 bits per heavy atom. The molecular formula is C15H19N5S2. The van der Waals surface area contributed by atoms with Crippen LogP contribution in [0.5, 0.6) is 0 Å². The largest absolute Gasteiger partial charge is 0.353 e. The van der Waals surface area contributed by atoms with Crippen LogP contribution in [0.1, 0.15) is 17.1 Å². The Morgan fingerprint density at radius 1 is 1.32 bits per heavy atom. The normalized spacial score (nSPS) is 24.4. The Labute approximate surface area is 138 Å². The minimum absolute atomic E-state index is 0.633. The lowest BCUT2D eigenvalue weighted by Crippen LogP contribution is -2.68. The molecule has 3 aliphatic rings. The third kappa shape index (κ3) is 2.61. The summed E-state index contributed by atoms with van der Waals surface area (Å²) in [6, 6.07) is 3.29. The van der Waals surface area contributed by atoms with Gasteiger partial charge in [0.2, 0.25) is 0 Å². The molecule has 0 aliphatic carbocycles. The quantitative estimate of drug-likeness (QED) is 0.632. The van der Waals surface area contributed by atoms with Crippen LogP contribution in [0.15, 0.2) is 22.8 Å². The number of hydrogen-bond donors (Lipinski definition) is 0. The van der Waals surface area contributed by atoms with E-state index in [2.05, 4.69) is 37.1 Å². The van der Waals surface area contributed by atoms with E-state index in [1.54, 1.807) is 23.1 Å². The maximum atomic E-state index is 4.63. The van der Waals surface area contributed by atoms with Crippen molar-refractivity contribution in [2.75, 3.05) is 24.2 Å². The molecule has 2 atom stereocenters. The summed E-state index contributed by atoms with van der Waals surface area (Å²) in [5.41, 5.74) is 1.22. The number of aromatic nitrogens is 3. The average molecular weight is 333 g/mol. The van der Waals surface area contributed by atoms with Gasteiger partial charge in [-0.2, -0.15) is 0 Å². The lowest BCUT2D eigenvalue weighted by atomic mass is 9.87. The zero-order chi connectivity index (χ0) is 15.1. The number of fused-ring (bicyclic) bond motifs is 2. The second kappa shape index (κ2) is 5.79. The lowest BCUT2D eigenvalue weighted by Gasteiger charge is -2.56. The van der Waals surface area contributed by atoms with Crippen LogP contribution in [-0.2, 0) is 6.54 Å². The monoisotopic (exact) mass is 333 g/mol. The van der Waals surface area contributed by atoms with Crippen LogP contribution in [0.3, 0.4) is 0 Å². The molecule has 2 aromatic rings. The van der Waals surface area contributed by atoms with E-state index in [-0.39, 0.29) is 0 Å². The van der Waals surface area contributed by atoms with Crippen molar-refractivity contribution in [2.24, 2.45) is 0 Å². The fourth-order valence-corrected chi connectivity index (χ4v) is 4.36. The molecule has 0 spiro atoms. The van der Waals surface area contributed by atoms with Crippen molar-refractivity contribution in [1.82, 2.24) is 19.9 Å². The molecule has 2 bridgehead atoms. The molecule has 5 heterocycles. The highest BCUT2D eigenvalue weighted by Crippen LogP contribution is 2.35. The summed E-state index contributed by atoms with van der Waals surface area (Å²) in [6.45, 7) is 5.19. The van der Waals surface area contributed by atoms with Crippen molar-refractivity contribution >= 4 is 28.9 Å². The Hall–Kier alpha value is -1.18. The highest BCUT2D eigenvalue weighted by atomic mass is 32.2. The van der Waals surface area contributed by atoms with Gasteiger partial charge in [-0.25, -0.2) is 15.0 Å². The number of piperidine rings is 1. The van der Waals surface area contributed by atoms with Gasteiger partial charge in [-0.15, -0.1) is 11.3 Å². The van der Waals surface area contributed by atoms with Gasteiger partial charge in [-0.1, -0.05) is 11.8 Å². The van der Waals surface area contributed by atoms with Crippen molar-refractivity contribution in [1.29, 1.82) is 0 Å². The van der Waals surface area contributed by atoms with E-state index in [1.807, 2.05) is 18.5 Å². The predicted octanol–water partition coefficient (Wildman–Crippen LogP) is 2.43. The van der Waals surface area contributed by atoms with Gasteiger partial charge in [0.15, 0.2) is 5.16 Å². The highest BCUT2D eigenvalue weighted by molar-refractivity contribution is 7.98. The van der Waals surface area contributed by atoms with Crippen molar-refractivity contribution in [3.05, 3.63) is 28.3 Å². The molecule has 2 unspecified atom stereocenters.